The van der Waals surface area contributed by atoms with E-state index in [-0.39, 0.29) is 23.8 Å². The highest BCUT2D eigenvalue weighted by atomic mass is 127. The Morgan fingerprint density at radius 2 is 1.60 bits per heavy atom. The Kier molecular flexibility index (Phi) is 8.87. The molecule has 40 heavy (non-hydrogen) atoms. The van der Waals surface area contributed by atoms with Crippen LogP contribution in [-0.2, 0) is 14.3 Å². The molecule has 5 rings (SSSR count). The van der Waals surface area contributed by atoms with Crippen LogP contribution in [0.4, 0.5) is 16.2 Å². The van der Waals surface area contributed by atoms with Crippen LogP contribution in [0, 0.1) is 5.92 Å². The Bertz CT molecular complexity index is 1210. The van der Waals surface area contributed by atoms with Gasteiger partial charge in [0.05, 0.1) is 17.2 Å². The number of likely N-dealkylation sites (tertiary alicyclic amines) is 1. The van der Waals surface area contributed by atoms with Crippen LogP contribution >= 0.6 is 22.6 Å². The highest BCUT2D eigenvalue weighted by molar-refractivity contribution is 14.1. The second kappa shape index (κ2) is 12.4. The third kappa shape index (κ3) is 6.24. The van der Waals surface area contributed by atoms with E-state index in [4.69, 9.17) is 4.74 Å². The molecule has 2 N–H and O–H groups in total. The van der Waals surface area contributed by atoms with Crippen LogP contribution in [0.5, 0.6) is 0 Å². The summed E-state index contributed by atoms with van der Waals surface area (Å²) in [6.45, 7) is 4.21. The maximum Gasteiger partial charge on any atom is 0.407 e. The van der Waals surface area contributed by atoms with E-state index in [1.54, 1.807) is 4.90 Å². The van der Waals surface area contributed by atoms with Gasteiger partial charge in [-0.05, 0) is 85.8 Å². The first kappa shape index (κ1) is 28.7. The van der Waals surface area contributed by atoms with Gasteiger partial charge in [-0.2, -0.15) is 0 Å². The normalized spacial score (nSPS) is 23.3. The number of carbonyl (C=O) groups excluding carboxylic acids is 3. The molecule has 8 nitrogen and oxygen atoms in total. The van der Waals surface area contributed by atoms with Crippen molar-refractivity contribution in [1.29, 1.82) is 0 Å². The summed E-state index contributed by atoms with van der Waals surface area (Å²) in [4.78, 5) is 42.5. The number of nitrogens with zero attached hydrogens (tertiary/aromatic N) is 2. The van der Waals surface area contributed by atoms with Gasteiger partial charge in [-0.1, -0.05) is 60.7 Å². The number of rotatable bonds is 8. The molecule has 0 unspecified atom stereocenters. The molecular formula is C31H39IN4O4. The topological polar surface area (TPSA) is 91.0 Å². The Balaban J connectivity index is 1.24. The summed E-state index contributed by atoms with van der Waals surface area (Å²) in [5.41, 5.74) is 4.66. The average Bonchev–Trinajstić information content (AvgIpc) is 3.56. The molecule has 0 radical (unpaired) electrons. The lowest BCUT2D eigenvalue weighted by Crippen LogP contribution is -2.54. The number of anilines is 2. The molecule has 4 atom stereocenters. The second-order valence-corrected chi connectivity index (χ2v) is 12.9. The standard InChI is InChI=1S/C31H39IN4O4/c1-19(2)28(34-31(39)40-3)30(38)35-18-4-5-26(35)29(37)33-23-12-8-22(9-13-23)25-16-17-27(32)36(25)24-14-10-21(11-15-24)20-6-7-20/h8-15,19-20,25-28H,4-7,16-18H2,1-3H3,(H,33,37)(H,34,39)/t25-,26-,27-,28-/m0/s1. The van der Waals surface area contributed by atoms with Crippen LogP contribution in [0.2, 0.25) is 0 Å². The van der Waals surface area contributed by atoms with E-state index in [0.29, 0.717) is 22.7 Å². The molecule has 1 aliphatic carbocycles. The van der Waals surface area contributed by atoms with Crippen molar-refractivity contribution < 1.29 is 19.1 Å². The van der Waals surface area contributed by atoms with Crippen LogP contribution < -0.4 is 15.5 Å². The SMILES string of the molecule is COC(=O)N[C@H](C(=O)N1CCC[C@H]1C(=O)Nc1ccc([C@@H]2CC[C@@H](I)N2c2ccc(C3CC3)cc2)cc1)C(C)C. The highest BCUT2D eigenvalue weighted by Crippen LogP contribution is 2.44. The van der Waals surface area contributed by atoms with Crippen molar-refractivity contribution in [3.63, 3.8) is 0 Å². The molecule has 0 bridgehead atoms. The summed E-state index contributed by atoms with van der Waals surface area (Å²) in [5, 5.41) is 5.65. The van der Waals surface area contributed by atoms with Gasteiger partial charge in [-0.15, -0.1) is 0 Å². The first-order valence-corrected chi connectivity index (χ1v) is 15.6. The fourth-order valence-electron chi connectivity index (χ4n) is 5.97. The number of methoxy groups -OCH3 is 1. The van der Waals surface area contributed by atoms with Gasteiger partial charge in [0.25, 0.3) is 0 Å². The fraction of sp³-hybridized carbons (Fsp3) is 0.516. The van der Waals surface area contributed by atoms with Gasteiger partial charge in [0.2, 0.25) is 11.8 Å². The molecular weight excluding hydrogens is 619 g/mol. The lowest BCUT2D eigenvalue weighted by atomic mass is 10.0. The van der Waals surface area contributed by atoms with E-state index in [9.17, 15) is 14.4 Å². The zero-order chi connectivity index (χ0) is 28.4. The minimum absolute atomic E-state index is 0.142. The zero-order valence-corrected chi connectivity index (χ0v) is 25.6. The number of benzene rings is 2. The smallest absolute Gasteiger partial charge is 0.407 e. The number of ether oxygens (including phenoxy) is 1. The van der Waals surface area contributed by atoms with Crippen LogP contribution in [0.3, 0.4) is 0 Å². The van der Waals surface area contributed by atoms with Gasteiger partial charge in [0.15, 0.2) is 0 Å². The van der Waals surface area contributed by atoms with Crippen molar-refractivity contribution >= 4 is 51.9 Å². The number of nitrogens with one attached hydrogen (secondary N) is 2. The Morgan fingerprint density at radius 1 is 0.925 bits per heavy atom. The van der Waals surface area contributed by atoms with E-state index in [1.165, 1.54) is 36.8 Å². The van der Waals surface area contributed by atoms with Crippen molar-refractivity contribution in [3.8, 4) is 0 Å². The Hall–Kier alpha value is -2.82. The van der Waals surface area contributed by atoms with E-state index >= 15 is 0 Å². The van der Waals surface area contributed by atoms with E-state index in [0.717, 1.165) is 25.2 Å². The molecule has 9 heteroatoms. The molecule has 2 aliphatic heterocycles. The minimum Gasteiger partial charge on any atom is -0.453 e. The molecule has 2 aromatic carbocycles. The van der Waals surface area contributed by atoms with Crippen LogP contribution in [-0.4, -0.2) is 52.6 Å². The predicted octanol–water partition coefficient (Wildman–Crippen LogP) is 5.98. The largest absolute Gasteiger partial charge is 0.453 e. The predicted molar refractivity (Wildman–Crippen MR) is 165 cm³/mol. The Morgan fingerprint density at radius 3 is 2.23 bits per heavy atom. The van der Waals surface area contributed by atoms with Crippen LogP contribution in [0.1, 0.15) is 75.5 Å². The van der Waals surface area contributed by atoms with Crippen molar-refractivity contribution in [1.82, 2.24) is 10.2 Å². The van der Waals surface area contributed by atoms with Gasteiger partial charge in [-0.3, -0.25) is 9.59 Å². The second-order valence-electron chi connectivity index (χ2n) is 11.5. The first-order chi connectivity index (χ1) is 19.3. The quantitative estimate of drug-likeness (QED) is 0.207. The Labute approximate surface area is 250 Å². The number of halogens is 1. The van der Waals surface area contributed by atoms with Gasteiger partial charge in [-0.25, -0.2) is 4.79 Å². The third-order valence-electron chi connectivity index (χ3n) is 8.35. The maximum atomic E-state index is 13.3. The molecule has 3 aliphatic rings. The fourth-order valence-corrected chi connectivity index (χ4v) is 7.04. The summed E-state index contributed by atoms with van der Waals surface area (Å²) < 4.78 is 5.13. The molecule has 2 aromatic rings. The van der Waals surface area contributed by atoms with Crippen molar-refractivity contribution in [2.75, 3.05) is 23.9 Å². The summed E-state index contributed by atoms with van der Waals surface area (Å²) in [5.74, 6) is 0.152. The summed E-state index contributed by atoms with van der Waals surface area (Å²) in [7, 11) is 1.27. The number of hydrogen-bond donors (Lipinski definition) is 2. The van der Waals surface area contributed by atoms with Gasteiger partial charge in [0.1, 0.15) is 12.1 Å². The van der Waals surface area contributed by atoms with Gasteiger partial charge in [0, 0.05) is 17.9 Å². The molecule has 1 saturated carbocycles. The zero-order valence-electron chi connectivity index (χ0n) is 23.4. The molecule has 2 saturated heterocycles. The molecule has 214 valence electrons. The van der Waals surface area contributed by atoms with Gasteiger partial charge >= 0.3 is 6.09 Å². The van der Waals surface area contributed by atoms with Crippen LogP contribution in [0.25, 0.3) is 0 Å². The van der Waals surface area contributed by atoms with Crippen molar-refractivity contribution in [2.24, 2.45) is 5.92 Å². The number of alkyl carbamates (subject to hydrolysis) is 1. The molecule has 3 fully saturated rings. The summed E-state index contributed by atoms with van der Waals surface area (Å²) in [6.07, 6.45) is 5.50. The number of amides is 3. The van der Waals surface area contributed by atoms with E-state index in [2.05, 4.69) is 74.5 Å². The number of alkyl halides is 1. The minimum atomic E-state index is -0.749. The van der Waals surface area contributed by atoms with Gasteiger partial charge < -0.3 is 25.2 Å². The summed E-state index contributed by atoms with van der Waals surface area (Å²) in [6, 6.07) is 16.2. The third-order valence-corrected chi connectivity index (χ3v) is 9.57. The van der Waals surface area contributed by atoms with Crippen LogP contribution in [0.15, 0.2) is 48.5 Å². The molecule has 3 amide bonds. The molecule has 2 heterocycles. The summed E-state index contributed by atoms with van der Waals surface area (Å²) >= 11 is 2.55. The highest BCUT2D eigenvalue weighted by Gasteiger charge is 2.39. The van der Waals surface area contributed by atoms with E-state index < -0.39 is 18.2 Å². The average molecular weight is 659 g/mol. The lowest BCUT2D eigenvalue weighted by molar-refractivity contribution is -0.139. The molecule has 0 aromatic heterocycles. The number of hydrogen-bond acceptors (Lipinski definition) is 5. The maximum absolute atomic E-state index is 13.3. The van der Waals surface area contributed by atoms with Crippen molar-refractivity contribution in [2.45, 2.75) is 80.5 Å². The number of carbonyl (C=O) groups is 3. The first-order valence-electron chi connectivity index (χ1n) is 14.3. The van der Waals surface area contributed by atoms with E-state index in [1.807, 2.05) is 26.0 Å². The lowest BCUT2D eigenvalue weighted by Gasteiger charge is -2.31. The molecule has 0 spiro atoms. The monoisotopic (exact) mass is 658 g/mol. The van der Waals surface area contributed by atoms with Crippen molar-refractivity contribution in [3.05, 3.63) is 59.7 Å².